The second-order valence-electron chi connectivity index (χ2n) is 5.68. The molecule has 1 fully saturated rings. The van der Waals surface area contributed by atoms with Crippen molar-refractivity contribution in [3.05, 3.63) is 35.7 Å². The SMILES string of the molecule is CCn1nnnc1COc1ccc(C(=O)NC2CCCC2)cc1. The standard InChI is InChI=1S/C16H21N5O2/c1-2-21-15(18-19-20-21)11-23-14-9-7-12(8-10-14)16(22)17-13-5-3-4-6-13/h7-10,13H,2-6,11H2,1H3,(H,17,22). The van der Waals surface area contributed by atoms with Crippen molar-refractivity contribution in [3.63, 3.8) is 0 Å². The quantitative estimate of drug-likeness (QED) is 0.881. The molecule has 1 aromatic carbocycles. The van der Waals surface area contributed by atoms with Crippen LogP contribution in [0.5, 0.6) is 5.75 Å². The van der Waals surface area contributed by atoms with Crippen molar-refractivity contribution < 1.29 is 9.53 Å². The molecule has 0 unspecified atom stereocenters. The third-order valence-corrected chi connectivity index (χ3v) is 4.08. The Balaban J connectivity index is 1.55. The van der Waals surface area contributed by atoms with E-state index in [0.29, 0.717) is 36.3 Å². The van der Waals surface area contributed by atoms with Gasteiger partial charge < -0.3 is 10.1 Å². The maximum absolute atomic E-state index is 12.2. The number of aromatic nitrogens is 4. The Bertz CT molecular complexity index is 647. The Morgan fingerprint density at radius 2 is 2.04 bits per heavy atom. The molecule has 1 amide bonds. The van der Waals surface area contributed by atoms with Gasteiger partial charge in [0.15, 0.2) is 5.82 Å². The van der Waals surface area contributed by atoms with Gasteiger partial charge in [-0.05, 0) is 54.5 Å². The fourth-order valence-corrected chi connectivity index (χ4v) is 2.76. The third-order valence-electron chi connectivity index (χ3n) is 4.08. The summed E-state index contributed by atoms with van der Waals surface area (Å²) in [5.74, 6) is 1.35. The van der Waals surface area contributed by atoms with Crippen molar-refractivity contribution in [2.75, 3.05) is 0 Å². The summed E-state index contributed by atoms with van der Waals surface area (Å²) in [4.78, 5) is 12.2. The van der Waals surface area contributed by atoms with Crippen LogP contribution in [0.2, 0.25) is 0 Å². The van der Waals surface area contributed by atoms with Crippen LogP contribution in [-0.2, 0) is 13.2 Å². The van der Waals surface area contributed by atoms with Gasteiger partial charge in [0.25, 0.3) is 5.91 Å². The number of rotatable bonds is 6. The van der Waals surface area contributed by atoms with Crippen LogP contribution in [0.1, 0.15) is 48.8 Å². The molecule has 3 rings (SSSR count). The van der Waals surface area contributed by atoms with Crippen LogP contribution in [-0.4, -0.2) is 32.2 Å². The number of carbonyl (C=O) groups is 1. The molecule has 122 valence electrons. The lowest BCUT2D eigenvalue weighted by atomic mass is 10.1. The van der Waals surface area contributed by atoms with E-state index in [4.69, 9.17) is 4.74 Å². The van der Waals surface area contributed by atoms with Gasteiger partial charge >= 0.3 is 0 Å². The van der Waals surface area contributed by atoms with Gasteiger partial charge in [-0.3, -0.25) is 4.79 Å². The Morgan fingerprint density at radius 3 is 2.74 bits per heavy atom. The molecule has 0 atom stereocenters. The molecule has 0 spiro atoms. The molecule has 2 aromatic rings. The van der Waals surface area contributed by atoms with Crippen LogP contribution in [0.25, 0.3) is 0 Å². The van der Waals surface area contributed by atoms with Gasteiger partial charge in [-0.1, -0.05) is 12.8 Å². The molecule has 0 aliphatic heterocycles. The first-order valence-electron chi connectivity index (χ1n) is 8.05. The highest BCUT2D eigenvalue weighted by molar-refractivity contribution is 5.94. The first-order valence-corrected chi connectivity index (χ1v) is 8.05. The number of tetrazole rings is 1. The summed E-state index contributed by atoms with van der Waals surface area (Å²) >= 11 is 0. The van der Waals surface area contributed by atoms with Crippen molar-refractivity contribution in [3.8, 4) is 5.75 Å². The van der Waals surface area contributed by atoms with E-state index in [2.05, 4.69) is 20.8 Å². The highest BCUT2D eigenvalue weighted by atomic mass is 16.5. The molecule has 23 heavy (non-hydrogen) atoms. The van der Waals surface area contributed by atoms with Crippen molar-refractivity contribution in [1.29, 1.82) is 0 Å². The molecule has 1 saturated carbocycles. The van der Waals surface area contributed by atoms with Gasteiger partial charge in [0.1, 0.15) is 12.4 Å². The number of ether oxygens (including phenoxy) is 1. The average Bonchev–Trinajstić information content (AvgIpc) is 3.24. The summed E-state index contributed by atoms with van der Waals surface area (Å²) in [5, 5.41) is 14.5. The van der Waals surface area contributed by atoms with Crippen LogP contribution >= 0.6 is 0 Å². The van der Waals surface area contributed by atoms with Crippen LogP contribution in [0, 0.1) is 0 Å². The zero-order chi connectivity index (χ0) is 16.1. The lowest BCUT2D eigenvalue weighted by molar-refractivity contribution is 0.0938. The maximum atomic E-state index is 12.2. The largest absolute Gasteiger partial charge is 0.486 e. The van der Waals surface area contributed by atoms with Crippen LogP contribution < -0.4 is 10.1 Å². The van der Waals surface area contributed by atoms with Gasteiger partial charge in [-0.25, -0.2) is 4.68 Å². The van der Waals surface area contributed by atoms with E-state index in [-0.39, 0.29) is 5.91 Å². The molecule has 0 bridgehead atoms. The summed E-state index contributed by atoms with van der Waals surface area (Å²) in [7, 11) is 0. The topological polar surface area (TPSA) is 81.9 Å². The number of amides is 1. The Hall–Kier alpha value is -2.44. The molecule has 1 heterocycles. The lowest BCUT2D eigenvalue weighted by Crippen LogP contribution is -2.32. The molecule has 1 aliphatic carbocycles. The summed E-state index contributed by atoms with van der Waals surface area (Å²) in [6.45, 7) is 2.97. The van der Waals surface area contributed by atoms with E-state index in [9.17, 15) is 4.79 Å². The Labute approximate surface area is 135 Å². The van der Waals surface area contributed by atoms with E-state index in [1.165, 1.54) is 12.8 Å². The monoisotopic (exact) mass is 315 g/mol. The smallest absolute Gasteiger partial charge is 0.251 e. The van der Waals surface area contributed by atoms with Crippen molar-refractivity contribution in [2.24, 2.45) is 0 Å². The summed E-state index contributed by atoms with van der Waals surface area (Å²) < 4.78 is 7.35. The molecule has 0 saturated heterocycles. The first kappa shape index (κ1) is 15.5. The molecule has 7 nitrogen and oxygen atoms in total. The number of benzene rings is 1. The highest BCUT2D eigenvalue weighted by Gasteiger charge is 2.17. The van der Waals surface area contributed by atoms with Crippen LogP contribution in [0.4, 0.5) is 0 Å². The Kier molecular flexibility index (Phi) is 4.85. The fraction of sp³-hybridized carbons (Fsp3) is 0.500. The second-order valence-corrected chi connectivity index (χ2v) is 5.68. The van der Waals surface area contributed by atoms with Crippen molar-refractivity contribution in [2.45, 2.75) is 51.8 Å². The van der Waals surface area contributed by atoms with Crippen LogP contribution in [0.3, 0.4) is 0 Å². The number of nitrogens with zero attached hydrogens (tertiary/aromatic N) is 4. The van der Waals surface area contributed by atoms with Gasteiger partial charge in [-0.2, -0.15) is 0 Å². The number of aryl methyl sites for hydroxylation is 1. The zero-order valence-corrected chi connectivity index (χ0v) is 13.2. The van der Waals surface area contributed by atoms with E-state index in [0.717, 1.165) is 12.8 Å². The number of nitrogens with one attached hydrogen (secondary N) is 1. The normalized spacial score (nSPS) is 14.8. The number of carbonyl (C=O) groups excluding carboxylic acids is 1. The van der Waals surface area contributed by atoms with E-state index in [1.807, 2.05) is 6.92 Å². The molecular formula is C16H21N5O2. The van der Waals surface area contributed by atoms with Gasteiger partial charge in [0.05, 0.1) is 0 Å². The predicted octanol–water partition coefficient (Wildman–Crippen LogP) is 1.94. The minimum atomic E-state index is -0.0154. The first-order chi connectivity index (χ1) is 11.3. The molecular weight excluding hydrogens is 294 g/mol. The predicted molar refractivity (Wildman–Crippen MR) is 84.0 cm³/mol. The average molecular weight is 315 g/mol. The van der Waals surface area contributed by atoms with E-state index >= 15 is 0 Å². The van der Waals surface area contributed by atoms with Gasteiger partial charge in [0, 0.05) is 18.2 Å². The molecule has 1 N–H and O–H groups in total. The van der Waals surface area contributed by atoms with Crippen molar-refractivity contribution in [1.82, 2.24) is 25.5 Å². The minimum Gasteiger partial charge on any atom is -0.486 e. The molecule has 0 radical (unpaired) electrons. The minimum absolute atomic E-state index is 0.0154. The Morgan fingerprint density at radius 1 is 1.30 bits per heavy atom. The van der Waals surface area contributed by atoms with Gasteiger partial charge in [0.2, 0.25) is 0 Å². The number of hydrogen-bond acceptors (Lipinski definition) is 5. The summed E-state index contributed by atoms with van der Waals surface area (Å²) in [6.07, 6.45) is 4.57. The van der Waals surface area contributed by atoms with E-state index < -0.39 is 0 Å². The molecule has 1 aliphatic rings. The highest BCUT2D eigenvalue weighted by Crippen LogP contribution is 2.19. The molecule has 1 aromatic heterocycles. The molecule has 7 heteroatoms. The van der Waals surface area contributed by atoms with Crippen LogP contribution in [0.15, 0.2) is 24.3 Å². The summed E-state index contributed by atoms with van der Waals surface area (Å²) in [6, 6.07) is 7.48. The van der Waals surface area contributed by atoms with Gasteiger partial charge in [-0.15, -0.1) is 5.10 Å². The summed E-state index contributed by atoms with van der Waals surface area (Å²) in [5.41, 5.74) is 0.655. The number of hydrogen-bond donors (Lipinski definition) is 1. The zero-order valence-electron chi connectivity index (χ0n) is 13.2. The van der Waals surface area contributed by atoms with E-state index in [1.54, 1.807) is 28.9 Å². The maximum Gasteiger partial charge on any atom is 0.251 e. The van der Waals surface area contributed by atoms with Crippen molar-refractivity contribution >= 4 is 5.91 Å². The second kappa shape index (κ2) is 7.21. The lowest BCUT2D eigenvalue weighted by Gasteiger charge is -2.12. The third kappa shape index (κ3) is 3.85. The fourth-order valence-electron chi connectivity index (χ4n) is 2.76.